The van der Waals surface area contributed by atoms with E-state index in [4.69, 9.17) is 5.14 Å². The van der Waals surface area contributed by atoms with Gasteiger partial charge in [-0.05, 0) is 97.2 Å². The van der Waals surface area contributed by atoms with E-state index in [1.54, 1.807) is 6.92 Å². The van der Waals surface area contributed by atoms with E-state index >= 15 is 0 Å². The third-order valence-corrected chi connectivity index (χ3v) is 13.2. The molecule has 0 unspecified atom stereocenters. The molecule has 8 N–H and O–H groups in total. The van der Waals surface area contributed by atoms with Gasteiger partial charge in [0.15, 0.2) is 11.4 Å². The van der Waals surface area contributed by atoms with Crippen LogP contribution in [0.2, 0.25) is 0 Å². The number of nitrogens with one attached hydrogen (secondary N) is 2. The van der Waals surface area contributed by atoms with Crippen LogP contribution in [0.5, 0.6) is 11.5 Å². The number of nitro groups is 2. The minimum Gasteiger partial charge on any atom is -0.866 e. The smallest absolute Gasteiger partial charge is 0.866 e. The number of nitrogens with two attached hydrogens (primary N) is 1. The number of nitro benzene ring substituents is 2. The second-order valence-electron chi connectivity index (χ2n) is 16.7. The number of aromatic amines is 2. The molecule has 0 amide bonds. The summed E-state index contributed by atoms with van der Waals surface area (Å²) in [5, 5.41) is 75.3. The normalized spacial score (nSPS) is 12.0. The molecular weight excluding hydrogens is 1000 g/mol. The van der Waals surface area contributed by atoms with Gasteiger partial charge in [-0.3, -0.25) is 40.0 Å². The van der Waals surface area contributed by atoms with Crippen LogP contribution in [-0.4, -0.2) is 51.3 Å². The van der Waals surface area contributed by atoms with Gasteiger partial charge in [0.05, 0.1) is 43.2 Å². The van der Waals surface area contributed by atoms with E-state index in [-0.39, 0.29) is 96.5 Å². The Morgan fingerprint density at radius 1 is 0.700 bits per heavy atom. The standard InChI is InChI=1S/2C21H24N6O6S.Cr.Na/c2*1-5-21(3,4)13-9-16(19(28)17(10-13)27(30)31)23-24-18-12(2)25-26(20(18)29)14-7-6-8-15(11-14)34(22,32)33;;/h2*6-11,25,28H,5H2,1-4H3,(H2,22,32,33);;/q;;;+1. The summed E-state index contributed by atoms with van der Waals surface area (Å²) in [6.45, 7) is 14.5. The third-order valence-electron chi connectivity index (χ3n) is 11.3. The average Bonchev–Trinajstić information content (AvgIpc) is 3.72. The van der Waals surface area contributed by atoms with E-state index in [1.807, 2.05) is 41.5 Å². The van der Waals surface area contributed by atoms with Crippen LogP contribution in [0, 0.1) is 34.1 Å². The maximum atomic E-state index is 12.9. The number of hydrogen-bond acceptors (Lipinski definition) is 16. The molecule has 4 aromatic carbocycles. The van der Waals surface area contributed by atoms with Crippen molar-refractivity contribution in [2.75, 3.05) is 0 Å². The molecule has 0 radical (unpaired) electrons. The zero-order valence-electron chi connectivity index (χ0n) is 39.4. The predicted octanol–water partition coefficient (Wildman–Crippen LogP) is 3.33. The van der Waals surface area contributed by atoms with Gasteiger partial charge in [0.1, 0.15) is 10.6 Å². The summed E-state index contributed by atoms with van der Waals surface area (Å²) in [6.07, 6.45) is 1.33. The van der Waals surface area contributed by atoms with Gasteiger partial charge in [-0.1, -0.05) is 53.7 Å². The Balaban J connectivity index is 0.000000360. The Morgan fingerprint density at radius 2 is 1.10 bits per heavy atom. The van der Waals surface area contributed by atoms with E-state index in [0.29, 0.717) is 29.7 Å². The van der Waals surface area contributed by atoms with Gasteiger partial charge in [-0.15, -0.1) is 15.3 Å². The predicted molar refractivity (Wildman–Crippen MR) is 246 cm³/mol. The van der Waals surface area contributed by atoms with Gasteiger partial charge in [0.25, 0.3) is 16.8 Å². The first-order chi connectivity index (χ1) is 31.5. The fourth-order valence-corrected chi connectivity index (χ4v) is 7.46. The number of aromatic nitrogens is 4. The molecule has 0 spiro atoms. The largest absolute Gasteiger partial charge is 1.00 e. The number of aryl methyl sites for hydroxylation is 2. The molecule has 2 heterocycles. The molecule has 0 saturated carbocycles. The molecule has 0 fully saturated rings. The molecular formula is C42H48CrN12NaO12S2+. The number of H-pyrrole nitrogens is 2. The number of sulfonamides is 2. The fourth-order valence-electron chi connectivity index (χ4n) is 6.32. The number of hydrogen-bond donors (Lipinski definition) is 5. The minimum atomic E-state index is -3.99. The van der Waals surface area contributed by atoms with Gasteiger partial charge in [-0.2, -0.15) is 13.5 Å². The monoisotopic (exact) mass is 1050 g/mol. The van der Waals surface area contributed by atoms with Crippen molar-refractivity contribution in [2.45, 2.75) is 88.9 Å². The van der Waals surface area contributed by atoms with Crippen molar-refractivity contribution in [2.24, 2.45) is 25.6 Å². The second kappa shape index (κ2) is 22.3. The van der Waals surface area contributed by atoms with E-state index in [2.05, 4.69) is 35.8 Å². The fraction of sp³-hybridized carbons (Fsp3) is 0.286. The van der Waals surface area contributed by atoms with Crippen molar-refractivity contribution >= 4 is 54.2 Å². The molecule has 0 aliphatic rings. The number of azo groups is 2. The Kier molecular flexibility index (Phi) is 18.5. The molecule has 0 bridgehead atoms. The van der Waals surface area contributed by atoms with Gasteiger partial charge >= 0.3 is 45.3 Å². The first kappa shape index (κ1) is 58.2. The van der Waals surface area contributed by atoms with Crippen molar-refractivity contribution in [3.63, 3.8) is 0 Å². The van der Waals surface area contributed by atoms with Crippen LogP contribution < -0.4 is 56.1 Å². The molecule has 0 saturated heterocycles. The molecule has 2 aromatic heterocycles. The van der Waals surface area contributed by atoms with Crippen molar-refractivity contribution < 1.29 is 89.0 Å². The van der Waals surface area contributed by atoms with Gasteiger partial charge in [0, 0.05) is 35.2 Å². The number of benzene rings is 4. The quantitative estimate of drug-likeness (QED) is 0.0454. The molecule has 70 heavy (non-hydrogen) atoms. The Labute approximate surface area is 433 Å². The van der Waals surface area contributed by atoms with Crippen LogP contribution in [0.1, 0.15) is 76.9 Å². The zero-order chi connectivity index (χ0) is 50.8. The van der Waals surface area contributed by atoms with E-state index in [9.17, 15) is 56.9 Å². The Bertz CT molecular complexity index is 3180. The number of aromatic hydroxyl groups is 1. The summed E-state index contributed by atoms with van der Waals surface area (Å²) < 4.78 is 48.9. The van der Waals surface area contributed by atoms with Crippen molar-refractivity contribution in [1.82, 2.24) is 19.6 Å². The number of nitrogens with zero attached hydrogens (tertiary/aromatic N) is 8. The average molecular weight is 1050 g/mol. The Hall–Kier alpha value is -6.15. The maximum absolute atomic E-state index is 12.9. The van der Waals surface area contributed by atoms with Crippen molar-refractivity contribution in [1.29, 1.82) is 0 Å². The summed E-state index contributed by atoms with van der Waals surface area (Å²) in [5.41, 5.74) is -1.86. The molecule has 28 heteroatoms. The van der Waals surface area contributed by atoms with Crippen LogP contribution >= 0.6 is 0 Å². The molecule has 0 aliphatic carbocycles. The maximum Gasteiger partial charge on any atom is 1.00 e. The van der Waals surface area contributed by atoms with Crippen LogP contribution in [0.4, 0.5) is 34.1 Å². The number of phenolic OH excluding ortho intramolecular Hbond substituents is 1. The molecule has 6 aromatic rings. The number of primary sulfonamides is 1. The van der Waals surface area contributed by atoms with Crippen LogP contribution in [0.3, 0.4) is 0 Å². The first-order valence-electron chi connectivity index (χ1n) is 20.3. The first-order valence-corrected chi connectivity index (χ1v) is 23.5. The summed E-state index contributed by atoms with van der Waals surface area (Å²) in [5.74, 6) is -1.58. The van der Waals surface area contributed by atoms with Gasteiger partial charge in [-0.25, -0.2) is 28.1 Å². The molecule has 6 rings (SSSR count). The molecule has 0 atom stereocenters. The van der Waals surface area contributed by atoms with Crippen LogP contribution in [0.15, 0.2) is 113 Å². The van der Waals surface area contributed by atoms with E-state index in [0.717, 1.165) is 9.36 Å². The Morgan fingerprint density at radius 3 is 1.51 bits per heavy atom. The summed E-state index contributed by atoms with van der Waals surface area (Å²) in [4.78, 5) is 47.0. The zero-order valence-corrected chi connectivity index (χ0v) is 44.3. The van der Waals surface area contributed by atoms with Crippen molar-refractivity contribution in [3.8, 4) is 22.9 Å². The van der Waals surface area contributed by atoms with E-state index < -0.39 is 74.7 Å². The summed E-state index contributed by atoms with van der Waals surface area (Å²) in [6, 6.07) is 16.5. The second-order valence-corrected chi connectivity index (χ2v) is 20.0. The van der Waals surface area contributed by atoms with Crippen LogP contribution in [0.25, 0.3) is 11.4 Å². The SMILES string of the molecule is CCC(C)(C)c1cc(N=Nc2c(C)[nH]n(-c3cccc(S(N)(=O)=O)c3)c2=O)c([O-])c([N+](=O)[O-])c1.CCC(C)(C)c1cc(N=Nc2c(C)[nH]n(-c3cccc(S([NH3+])(=O)=O)c3)c2=O)c(O)c([N+](=O)[O-])c1.[Cr].[Na+]. The molecule has 0 aliphatic heterocycles. The summed E-state index contributed by atoms with van der Waals surface area (Å²) >= 11 is 0. The number of phenols is 1. The molecule has 24 nitrogen and oxygen atoms in total. The van der Waals surface area contributed by atoms with Crippen LogP contribution in [-0.2, 0) is 48.2 Å². The topological polar surface area (TPSA) is 377 Å². The summed E-state index contributed by atoms with van der Waals surface area (Å²) in [7, 11) is -7.73. The molecule has 366 valence electrons. The number of rotatable bonds is 14. The van der Waals surface area contributed by atoms with Crippen molar-refractivity contribution in [3.05, 3.63) is 136 Å². The van der Waals surface area contributed by atoms with Gasteiger partial charge in [0.2, 0.25) is 15.8 Å². The number of quaternary nitrogens is 1. The minimum absolute atomic E-state index is 0. The third kappa shape index (κ3) is 12.8. The van der Waals surface area contributed by atoms with E-state index in [1.165, 1.54) is 79.7 Å². The van der Waals surface area contributed by atoms with Gasteiger partial charge < -0.3 is 10.2 Å².